The van der Waals surface area contributed by atoms with Crippen LogP contribution >= 0.6 is 0 Å². The molecule has 14 heteroatoms. The minimum Gasteiger partial charge on any atom is -0.454 e. The Hall–Kier alpha value is -3.88. The van der Waals surface area contributed by atoms with E-state index in [0.717, 1.165) is 25.1 Å². The molecule has 0 N–H and O–H groups in total. The smallest absolute Gasteiger partial charge is 0.454 e. The van der Waals surface area contributed by atoms with Gasteiger partial charge in [-0.2, -0.15) is 0 Å². The first kappa shape index (κ1) is 37.9. The number of ketones is 2. The fourth-order valence-electron chi connectivity index (χ4n) is 9.90. The van der Waals surface area contributed by atoms with Crippen LogP contribution in [0.1, 0.15) is 79.1 Å². The molecule has 4 fully saturated rings. The fourth-order valence-corrected chi connectivity index (χ4v) is 12.8. The summed E-state index contributed by atoms with van der Waals surface area (Å²) in [6.07, 6.45) is -7.86. The van der Waals surface area contributed by atoms with Gasteiger partial charge in [0.2, 0.25) is 17.5 Å². The molecule has 9 atom stereocenters. The van der Waals surface area contributed by atoms with Crippen LogP contribution in [0.2, 0.25) is 18.1 Å². The van der Waals surface area contributed by atoms with Crippen molar-refractivity contribution in [3.63, 3.8) is 0 Å². The summed E-state index contributed by atoms with van der Waals surface area (Å²) in [5, 5.41) is 0. The monoisotopic (exact) mass is 740 g/mol. The highest BCUT2D eigenvalue weighted by Gasteiger charge is 2.83. The Balaban J connectivity index is 1.75. The Labute approximate surface area is 304 Å². The fraction of sp³-hybridized carbons (Fsp3) is 0.632. The molecule has 0 radical (unpaired) electrons. The third-order valence-corrected chi connectivity index (χ3v) is 17.4. The average Bonchev–Trinajstić information content (AvgIpc) is 3.47. The van der Waals surface area contributed by atoms with Crippen molar-refractivity contribution in [2.24, 2.45) is 16.7 Å². The minimum absolute atomic E-state index is 0.0472. The molecule has 2 saturated heterocycles. The van der Waals surface area contributed by atoms with Crippen molar-refractivity contribution in [3.05, 3.63) is 47.0 Å². The molecule has 5 aliphatic rings. The Kier molecular flexibility index (Phi) is 9.40. The van der Waals surface area contributed by atoms with E-state index >= 15 is 4.79 Å². The van der Waals surface area contributed by atoms with Crippen molar-refractivity contribution in [2.45, 2.75) is 129 Å². The molecule has 1 spiro atoms. The maximum atomic E-state index is 15.8. The van der Waals surface area contributed by atoms with Crippen LogP contribution in [0.25, 0.3) is 0 Å². The number of rotatable bonds is 9. The van der Waals surface area contributed by atoms with Gasteiger partial charge in [0.25, 0.3) is 0 Å². The molecule has 2 bridgehead atoms. The molecular weight excluding hydrogens is 692 g/mol. The summed E-state index contributed by atoms with van der Waals surface area (Å²) in [6, 6.07) is 10.3. The van der Waals surface area contributed by atoms with Gasteiger partial charge >= 0.3 is 24.1 Å². The van der Waals surface area contributed by atoms with E-state index < -0.39 is 102 Å². The summed E-state index contributed by atoms with van der Waals surface area (Å²) in [4.78, 5) is 84.1. The highest BCUT2D eigenvalue weighted by molar-refractivity contribution is 6.73. The number of fused-ring (bicyclic) bond motifs is 4. The van der Waals surface area contributed by atoms with Gasteiger partial charge in [-0.1, -0.05) is 52.8 Å². The van der Waals surface area contributed by atoms with Crippen molar-refractivity contribution < 1.29 is 61.6 Å². The lowest BCUT2D eigenvalue weighted by molar-refractivity contribution is -0.342. The molecule has 13 nitrogen and oxygen atoms in total. The van der Waals surface area contributed by atoms with Crippen molar-refractivity contribution in [2.75, 3.05) is 6.61 Å². The number of Topliss-reactive ketones (excluding diaryl/α,β-unsaturated/α-hetero) is 2. The van der Waals surface area contributed by atoms with Gasteiger partial charge in [-0.15, -0.1) is 0 Å². The van der Waals surface area contributed by atoms with Gasteiger partial charge in [-0.05, 0) is 49.7 Å². The third-order valence-electron chi connectivity index (χ3n) is 12.8. The van der Waals surface area contributed by atoms with Crippen LogP contribution in [0.15, 0.2) is 41.5 Å². The number of esters is 3. The first-order valence-corrected chi connectivity index (χ1v) is 20.5. The molecule has 282 valence electrons. The maximum absolute atomic E-state index is 15.8. The quantitative estimate of drug-likeness (QED) is 0.188. The summed E-state index contributed by atoms with van der Waals surface area (Å²) >= 11 is 0. The first-order valence-electron chi connectivity index (χ1n) is 18.0. The lowest BCUT2D eigenvalue weighted by atomic mass is 9.44. The van der Waals surface area contributed by atoms with E-state index in [1.807, 2.05) is 20.8 Å². The molecule has 0 unspecified atom stereocenters. The van der Waals surface area contributed by atoms with Gasteiger partial charge in [0.05, 0.1) is 29.6 Å². The van der Waals surface area contributed by atoms with Crippen LogP contribution in [0, 0.1) is 16.7 Å². The number of hydrogen-bond acceptors (Lipinski definition) is 13. The summed E-state index contributed by atoms with van der Waals surface area (Å²) in [5.41, 5.74) is -6.87. The maximum Gasteiger partial charge on any atom is 0.510 e. The van der Waals surface area contributed by atoms with Crippen LogP contribution in [-0.4, -0.2) is 92.3 Å². The van der Waals surface area contributed by atoms with Crippen LogP contribution in [0.3, 0.4) is 0 Å². The predicted octanol–water partition coefficient (Wildman–Crippen LogP) is 5.04. The standard InChI is InChI=1S/C38H48O13Si/c1-10-52(11-2,12-3)51-24-18-25-37(19-45-25,49-22(6)40)29-32(47-33(43)23-16-14-13-15-17-23)38-31(48-34(44)50-38)27(41)20(4)26(35(38,7)8)28(46-21(5)39)30(42)36(24,29)9/h13-17,24-25,28-29,31-32H,10-12,18-19H2,1-9H3/t24-,25+,28+,29-,31-,32-,36+,37-,38+/m0/s1. The van der Waals surface area contributed by atoms with Gasteiger partial charge < -0.3 is 32.8 Å². The largest absolute Gasteiger partial charge is 0.510 e. The zero-order valence-corrected chi connectivity index (χ0v) is 32.2. The highest BCUT2D eigenvalue weighted by Crippen LogP contribution is 2.66. The van der Waals surface area contributed by atoms with Crippen LogP contribution in [-0.2, 0) is 52.0 Å². The number of benzene rings is 1. The van der Waals surface area contributed by atoms with E-state index in [-0.39, 0.29) is 29.7 Å². The minimum atomic E-state index is -2.56. The second kappa shape index (κ2) is 12.9. The normalized spacial score (nSPS) is 36.1. The third kappa shape index (κ3) is 5.14. The summed E-state index contributed by atoms with van der Waals surface area (Å²) < 4.78 is 44.0. The zero-order chi connectivity index (χ0) is 38.2. The van der Waals surface area contributed by atoms with Crippen molar-refractivity contribution in [3.8, 4) is 0 Å². The van der Waals surface area contributed by atoms with E-state index in [1.165, 1.54) is 13.8 Å². The molecule has 52 heavy (non-hydrogen) atoms. The molecule has 0 amide bonds. The number of carbonyl (C=O) groups excluding carboxylic acids is 6. The average molecular weight is 741 g/mol. The first-order chi connectivity index (χ1) is 24.4. The lowest BCUT2D eigenvalue weighted by Gasteiger charge is -2.67. The summed E-state index contributed by atoms with van der Waals surface area (Å²) in [6.45, 7) is 14.7. The van der Waals surface area contributed by atoms with E-state index in [9.17, 15) is 24.0 Å². The van der Waals surface area contributed by atoms with Crippen LogP contribution in [0.5, 0.6) is 0 Å². The van der Waals surface area contributed by atoms with Gasteiger partial charge in [0.15, 0.2) is 31.9 Å². The van der Waals surface area contributed by atoms with Gasteiger partial charge in [0.1, 0.15) is 6.10 Å². The summed E-state index contributed by atoms with van der Waals surface area (Å²) in [7, 11) is -2.56. The number of ether oxygens (including phenoxy) is 6. The van der Waals surface area contributed by atoms with E-state index in [4.69, 9.17) is 32.8 Å². The van der Waals surface area contributed by atoms with Crippen LogP contribution < -0.4 is 0 Å². The van der Waals surface area contributed by atoms with E-state index in [0.29, 0.717) is 0 Å². The molecule has 2 aliphatic heterocycles. The zero-order valence-electron chi connectivity index (χ0n) is 31.2. The topological polar surface area (TPSA) is 167 Å². The molecule has 3 aliphatic carbocycles. The van der Waals surface area contributed by atoms with Crippen molar-refractivity contribution >= 4 is 43.9 Å². The molecule has 2 heterocycles. The molecule has 1 aromatic rings. The Morgan fingerprint density at radius 2 is 1.56 bits per heavy atom. The van der Waals surface area contributed by atoms with E-state index in [1.54, 1.807) is 51.1 Å². The molecule has 6 rings (SSSR count). The van der Waals surface area contributed by atoms with Gasteiger partial charge in [0, 0.05) is 31.3 Å². The molecule has 2 saturated carbocycles. The SMILES string of the molecule is CC[Si](CC)(CC)O[C@H]1C[C@H]2OC[C@@]2(OC(C)=O)[C@H]2[C@H](OC(=O)c3ccccc3)[C@]34OC(=O)O[C@H]3C(=O)C(C)=C([C@@H](OC(C)=O)C(=O)[C@]12C)C4(C)C. The molecule has 0 aromatic heterocycles. The molecular formula is C38H48O13Si. The highest BCUT2D eigenvalue weighted by atomic mass is 28.4. The number of carbonyl (C=O) groups is 6. The van der Waals surface area contributed by atoms with Crippen molar-refractivity contribution in [1.82, 2.24) is 0 Å². The van der Waals surface area contributed by atoms with Gasteiger partial charge in [-0.3, -0.25) is 19.2 Å². The predicted molar refractivity (Wildman–Crippen MR) is 184 cm³/mol. The van der Waals surface area contributed by atoms with Crippen molar-refractivity contribution in [1.29, 1.82) is 0 Å². The van der Waals surface area contributed by atoms with Crippen LogP contribution in [0.4, 0.5) is 4.79 Å². The molecule has 1 aromatic carbocycles. The summed E-state index contributed by atoms with van der Waals surface area (Å²) in [5.74, 6) is -5.05. The Bertz CT molecular complexity index is 1720. The second-order valence-electron chi connectivity index (χ2n) is 15.4. The Morgan fingerprint density at radius 3 is 2.10 bits per heavy atom. The number of hydrogen-bond donors (Lipinski definition) is 0. The second-order valence-corrected chi connectivity index (χ2v) is 20.1. The van der Waals surface area contributed by atoms with E-state index in [2.05, 4.69) is 0 Å². The van der Waals surface area contributed by atoms with Gasteiger partial charge in [-0.25, -0.2) is 9.59 Å². The Morgan fingerprint density at radius 1 is 0.923 bits per heavy atom. The lowest BCUT2D eigenvalue weighted by Crippen LogP contribution is -2.83.